The molecule has 0 aliphatic heterocycles. The minimum atomic E-state index is 0.763. The quantitative estimate of drug-likeness (QED) is 0.708. The van der Waals surface area contributed by atoms with E-state index >= 15 is 0 Å². The number of aromatic nitrogens is 4. The van der Waals surface area contributed by atoms with E-state index < -0.39 is 0 Å². The first-order chi connectivity index (χ1) is 10.8. The molecule has 2 heterocycles. The number of nitrogens with one attached hydrogen (secondary N) is 1. The molecule has 0 fully saturated rings. The summed E-state index contributed by atoms with van der Waals surface area (Å²) in [5.74, 6) is 2.52. The Morgan fingerprint density at radius 1 is 1.18 bits per heavy atom. The van der Waals surface area contributed by atoms with Gasteiger partial charge in [0.05, 0.1) is 7.11 Å². The van der Waals surface area contributed by atoms with E-state index in [1.54, 1.807) is 11.6 Å². The number of benzene rings is 1. The Morgan fingerprint density at radius 2 is 2.09 bits per heavy atom. The van der Waals surface area contributed by atoms with Crippen LogP contribution in [0.4, 0.5) is 5.82 Å². The van der Waals surface area contributed by atoms with Crippen LogP contribution in [0.5, 0.6) is 5.75 Å². The van der Waals surface area contributed by atoms with E-state index in [0.717, 1.165) is 42.4 Å². The van der Waals surface area contributed by atoms with Crippen molar-refractivity contribution in [2.24, 2.45) is 0 Å². The minimum Gasteiger partial charge on any atom is -0.497 e. The van der Waals surface area contributed by atoms with Gasteiger partial charge in [0, 0.05) is 6.54 Å². The zero-order valence-corrected chi connectivity index (χ0v) is 12.8. The Labute approximate surface area is 129 Å². The molecule has 0 radical (unpaired) electrons. The lowest BCUT2D eigenvalue weighted by Crippen LogP contribution is -2.07. The molecule has 0 saturated carbocycles. The minimum absolute atomic E-state index is 0.763. The van der Waals surface area contributed by atoms with Crippen LogP contribution < -0.4 is 10.1 Å². The van der Waals surface area contributed by atoms with E-state index in [2.05, 4.69) is 32.7 Å². The molecular weight excluding hydrogens is 278 g/mol. The molecule has 1 N–H and O–H groups in total. The van der Waals surface area contributed by atoms with Crippen molar-refractivity contribution in [3.05, 3.63) is 47.8 Å². The fourth-order valence-corrected chi connectivity index (χ4v) is 2.33. The number of hydrogen-bond acceptors (Lipinski definition) is 5. The van der Waals surface area contributed by atoms with Gasteiger partial charge in [-0.05, 0) is 49.6 Å². The average Bonchev–Trinajstić information content (AvgIpc) is 2.93. The van der Waals surface area contributed by atoms with Crippen LogP contribution in [-0.4, -0.2) is 33.5 Å². The van der Waals surface area contributed by atoms with Crippen molar-refractivity contribution in [1.29, 1.82) is 0 Å². The molecule has 0 bridgehead atoms. The lowest BCUT2D eigenvalue weighted by atomic mass is 10.1. The number of anilines is 1. The second-order valence-electron chi connectivity index (χ2n) is 5.12. The Morgan fingerprint density at radius 3 is 2.95 bits per heavy atom. The average molecular weight is 297 g/mol. The predicted octanol–water partition coefficient (Wildman–Crippen LogP) is 2.49. The van der Waals surface area contributed by atoms with Crippen LogP contribution in [-0.2, 0) is 6.42 Å². The van der Waals surface area contributed by atoms with Crippen LogP contribution in [0.25, 0.3) is 5.65 Å². The van der Waals surface area contributed by atoms with Gasteiger partial charge in [-0.15, -0.1) is 15.3 Å². The lowest BCUT2D eigenvalue weighted by Gasteiger charge is -2.07. The van der Waals surface area contributed by atoms with Gasteiger partial charge in [-0.25, -0.2) is 0 Å². The molecule has 114 valence electrons. The number of ether oxygens (including phenoxy) is 1. The van der Waals surface area contributed by atoms with Crippen LogP contribution >= 0.6 is 0 Å². The van der Waals surface area contributed by atoms with E-state index in [-0.39, 0.29) is 0 Å². The van der Waals surface area contributed by atoms with E-state index in [9.17, 15) is 0 Å². The molecule has 22 heavy (non-hydrogen) atoms. The maximum Gasteiger partial charge on any atom is 0.178 e. The highest BCUT2D eigenvalue weighted by atomic mass is 16.5. The van der Waals surface area contributed by atoms with Crippen molar-refractivity contribution in [3.63, 3.8) is 0 Å². The van der Waals surface area contributed by atoms with Crippen LogP contribution in [0.3, 0.4) is 0 Å². The molecule has 0 unspecified atom stereocenters. The Kier molecular flexibility index (Phi) is 4.18. The summed E-state index contributed by atoms with van der Waals surface area (Å²) < 4.78 is 6.98. The van der Waals surface area contributed by atoms with Gasteiger partial charge in [0.1, 0.15) is 11.6 Å². The van der Waals surface area contributed by atoms with Crippen molar-refractivity contribution < 1.29 is 4.74 Å². The number of rotatable bonds is 6. The van der Waals surface area contributed by atoms with Crippen LogP contribution in [0.15, 0.2) is 36.4 Å². The van der Waals surface area contributed by atoms with Gasteiger partial charge < -0.3 is 10.1 Å². The maximum atomic E-state index is 5.23. The molecule has 6 heteroatoms. The Balaban J connectivity index is 1.54. The topological polar surface area (TPSA) is 64.3 Å². The van der Waals surface area contributed by atoms with Crippen molar-refractivity contribution >= 4 is 11.5 Å². The SMILES string of the molecule is COc1cccc(CCCNc2ccc3nnc(C)n3n2)c1. The van der Waals surface area contributed by atoms with Crippen molar-refractivity contribution in [1.82, 2.24) is 19.8 Å². The van der Waals surface area contributed by atoms with Crippen LogP contribution in [0.1, 0.15) is 17.8 Å². The predicted molar refractivity (Wildman–Crippen MR) is 85.3 cm³/mol. The van der Waals surface area contributed by atoms with Crippen molar-refractivity contribution in [2.45, 2.75) is 19.8 Å². The van der Waals surface area contributed by atoms with E-state index in [0.29, 0.717) is 0 Å². The number of fused-ring (bicyclic) bond motifs is 1. The van der Waals surface area contributed by atoms with Gasteiger partial charge in [-0.1, -0.05) is 12.1 Å². The summed E-state index contributed by atoms with van der Waals surface area (Å²) in [4.78, 5) is 0. The molecule has 0 amide bonds. The largest absolute Gasteiger partial charge is 0.497 e. The molecule has 0 aliphatic rings. The summed E-state index contributed by atoms with van der Waals surface area (Å²) in [5.41, 5.74) is 2.04. The van der Waals surface area contributed by atoms with E-state index in [1.807, 2.05) is 31.2 Å². The van der Waals surface area contributed by atoms with Gasteiger partial charge in [0.15, 0.2) is 11.5 Å². The Bertz CT molecular complexity index is 768. The van der Waals surface area contributed by atoms with E-state index in [4.69, 9.17) is 4.74 Å². The summed E-state index contributed by atoms with van der Waals surface area (Å²) >= 11 is 0. The third-order valence-corrected chi connectivity index (χ3v) is 3.50. The number of aryl methyl sites for hydroxylation is 2. The summed E-state index contributed by atoms with van der Waals surface area (Å²) in [6.45, 7) is 2.75. The second kappa shape index (κ2) is 6.43. The first-order valence-corrected chi connectivity index (χ1v) is 7.32. The van der Waals surface area contributed by atoms with Gasteiger partial charge in [0.25, 0.3) is 0 Å². The highest BCUT2D eigenvalue weighted by Gasteiger charge is 2.03. The number of hydrogen-bond donors (Lipinski definition) is 1. The zero-order valence-electron chi connectivity index (χ0n) is 12.8. The molecule has 1 aromatic carbocycles. The molecule has 0 aliphatic carbocycles. The summed E-state index contributed by atoms with van der Waals surface area (Å²) in [6, 6.07) is 12.0. The van der Waals surface area contributed by atoms with Crippen LogP contribution in [0, 0.1) is 6.92 Å². The van der Waals surface area contributed by atoms with Gasteiger partial charge >= 0.3 is 0 Å². The second-order valence-corrected chi connectivity index (χ2v) is 5.12. The highest BCUT2D eigenvalue weighted by molar-refractivity contribution is 5.43. The third-order valence-electron chi connectivity index (χ3n) is 3.50. The first kappa shape index (κ1) is 14.3. The standard InChI is InChI=1S/C16H19N5O/c1-12-18-19-16-9-8-15(20-21(12)16)17-10-4-6-13-5-3-7-14(11-13)22-2/h3,5,7-9,11H,4,6,10H2,1-2H3,(H,17,20). The number of nitrogens with zero attached hydrogens (tertiary/aromatic N) is 4. The fraction of sp³-hybridized carbons (Fsp3) is 0.312. The molecule has 6 nitrogen and oxygen atoms in total. The van der Waals surface area contributed by atoms with Crippen LogP contribution in [0.2, 0.25) is 0 Å². The normalized spacial score (nSPS) is 10.8. The van der Waals surface area contributed by atoms with Gasteiger partial charge in [-0.2, -0.15) is 4.52 Å². The Hall–Kier alpha value is -2.63. The van der Waals surface area contributed by atoms with E-state index in [1.165, 1.54) is 5.56 Å². The monoisotopic (exact) mass is 297 g/mol. The molecule has 0 spiro atoms. The molecular formula is C16H19N5O. The third kappa shape index (κ3) is 3.16. The van der Waals surface area contributed by atoms with Gasteiger partial charge in [0.2, 0.25) is 0 Å². The summed E-state index contributed by atoms with van der Waals surface area (Å²) in [6.07, 6.45) is 2.02. The molecule has 0 saturated heterocycles. The first-order valence-electron chi connectivity index (χ1n) is 7.32. The smallest absolute Gasteiger partial charge is 0.178 e. The highest BCUT2D eigenvalue weighted by Crippen LogP contribution is 2.14. The summed E-state index contributed by atoms with van der Waals surface area (Å²) in [5, 5.41) is 15.8. The summed E-state index contributed by atoms with van der Waals surface area (Å²) in [7, 11) is 1.69. The van der Waals surface area contributed by atoms with Gasteiger partial charge in [-0.3, -0.25) is 0 Å². The fourth-order valence-electron chi connectivity index (χ4n) is 2.33. The maximum absolute atomic E-state index is 5.23. The number of methoxy groups -OCH3 is 1. The molecule has 0 atom stereocenters. The van der Waals surface area contributed by atoms with Crippen molar-refractivity contribution in [2.75, 3.05) is 19.0 Å². The molecule has 3 aromatic rings. The zero-order chi connectivity index (χ0) is 15.4. The molecule has 3 rings (SSSR count). The molecule has 2 aromatic heterocycles. The van der Waals surface area contributed by atoms with Crippen molar-refractivity contribution in [3.8, 4) is 5.75 Å². The lowest BCUT2D eigenvalue weighted by molar-refractivity contribution is 0.414.